The first kappa shape index (κ1) is 16.6. The lowest BCUT2D eigenvalue weighted by Crippen LogP contribution is -3.00. The van der Waals surface area contributed by atoms with Crippen molar-refractivity contribution in [1.29, 1.82) is 0 Å². The van der Waals surface area contributed by atoms with E-state index in [-0.39, 0.29) is 12.4 Å². The van der Waals surface area contributed by atoms with Crippen molar-refractivity contribution in [3.05, 3.63) is 71.3 Å². The van der Waals surface area contributed by atoms with Gasteiger partial charge in [0.15, 0.2) is 0 Å². The lowest BCUT2D eigenvalue weighted by atomic mass is 9.93. The third-order valence-corrected chi connectivity index (χ3v) is 3.96. The summed E-state index contributed by atoms with van der Waals surface area (Å²) in [5, 5.41) is 0. The molecule has 0 saturated heterocycles. The molecule has 0 amide bonds. The Hall–Kier alpha value is -1.73. The second kappa shape index (κ2) is 7.51. The van der Waals surface area contributed by atoms with E-state index in [1.54, 1.807) is 0 Å². The number of hydrogen-bond acceptors (Lipinski definition) is 1. The summed E-state index contributed by atoms with van der Waals surface area (Å²) in [6.45, 7) is 5.20. The fraction of sp³-hybridized carbons (Fsp3) is 0.300. The van der Waals surface area contributed by atoms with E-state index < -0.39 is 0 Å². The second-order valence-electron chi connectivity index (χ2n) is 6.03. The molecule has 2 heteroatoms. The first-order valence-electron chi connectivity index (χ1n) is 7.76. The Balaban J connectivity index is 0.00000176. The highest BCUT2D eigenvalue weighted by Crippen LogP contribution is 2.36. The number of halogens is 1. The van der Waals surface area contributed by atoms with Crippen molar-refractivity contribution in [2.24, 2.45) is 5.92 Å². The fourth-order valence-electron chi connectivity index (χ4n) is 2.81. The van der Waals surface area contributed by atoms with Crippen LogP contribution in [0.2, 0.25) is 0 Å². The van der Waals surface area contributed by atoms with Crippen LogP contribution in [0.3, 0.4) is 0 Å². The minimum Gasteiger partial charge on any atom is -1.00 e. The molecule has 2 aromatic rings. The van der Waals surface area contributed by atoms with Gasteiger partial charge in [-0.1, -0.05) is 62.4 Å². The number of ether oxygens (including phenoxy) is 1. The van der Waals surface area contributed by atoms with Gasteiger partial charge < -0.3 is 17.1 Å². The molecule has 0 saturated carbocycles. The van der Waals surface area contributed by atoms with Gasteiger partial charge in [-0.25, -0.2) is 0 Å². The summed E-state index contributed by atoms with van der Waals surface area (Å²) >= 11 is 0. The molecule has 0 atom stereocenters. The zero-order valence-corrected chi connectivity index (χ0v) is 13.9. The third-order valence-electron chi connectivity index (χ3n) is 3.96. The van der Waals surface area contributed by atoms with Crippen molar-refractivity contribution in [3.63, 3.8) is 0 Å². The molecule has 1 aliphatic rings. The summed E-state index contributed by atoms with van der Waals surface area (Å²) in [7, 11) is 0. The lowest BCUT2D eigenvalue weighted by Gasteiger charge is -2.11. The molecule has 22 heavy (non-hydrogen) atoms. The summed E-state index contributed by atoms with van der Waals surface area (Å²) < 4.78 is 5.99. The van der Waals surface area contributed by atoms with E-state index in [1.807, 2.05) is 6.07 Å². The van der Waals surface area contributed by atoms with Crippen LogP contribution in [0.5, 0.6) is 5.75 Å². The van der Waals surface area contributed by atoms with E-state index >= 15 is 0 Å². The molecule has 2 aromatic carbocycles. The Morgan fingerprint density at radius 3 is 2.45 bits per heavy atom. The van der Waals surface area contributed by atoms with Gasteiger partial charge in [-0.05, 0) is 41.5 Å². The smallest absolute Gasteiger partial charge is 0.127 e. The maximum absolute atomic E-state index is 5.99. The van der Waals surface area contributed by atoms with E-state index in [9.17, 15) is 0 Å². The van der Waals surface area contributed by atoms with E-state index in [0.717, 1.165) is 18.1 Å². The first-order chi connectivity index (χ1) is 10.3. The molecule has 1 heterocycles. The van der Waals surface area contributed by atoms with Gasteiger partial charge in [0.05, 0.1) is 0 Å². The van der Waals surface area contributed by atoms with Crippen molar-refractivity contribution in [2.45, 2.75) is 33.3 Å². The molecule has 1 nitrogen and oxygen atoms in total. The van der Waals surface area contributed by atoms with Crippen LogP contribution in [0, 0.1) is 5.92 Å². The molecular formula is C20H22ClO-. The molecular weight excluding hydrogens is 292 g/mol. The highest BCUT2D eigenvalue weighted by Gasteiger charge is 2.17. The molecule has 116 valence electrons. The summed E-state index contributed by atoms with van der Waals surface area (Å²) in [6, 6.07) is 16.9. The number of para-hydroxylation sites is 1. The topological polar surface area (TPSA) is 9.23 Å². The van der Waals surface area contributed by atoms with Gasteiger partial charge in [-0.3, -0.25) is 0 Å². The second-order valence-corrected chi connectivity index (χ2v) is 6.03. The summed E-state index contributed by atoms with van der Waals surface area (Å²) in [4.78, 5) is 0. The van der Waals surface area contributed by atoms with Gasteiger partial charge in [0.25, 0.3) is 0 Å². The normalized spacial score (nSPS) is 14.6. The van der Waals surface area contributed by atoms with E-state index in [0.29, 0.717) is 6.61 Å². The van der Waals surface area contributed by atoms with Crippen molar-refractivity contribution < 1.29 is 17.1 Å². The molecule has 3 rings (SSSR count). The van der Waals surface area contributed by atoms with Crippen LogP contribution in [-0.4, -0.2) is 0 Å². The Labute approximate surface area is 139 Å². The number of allylic oxidation sites excluding steroid dienone is 1. The van der Waals surface area contributed by atoms with E-state index in [1.165, 1.54) is 28.7 Å². The summed E-state index contributed by atoms with van der Waals surface area (Å²) in [6.07, 6.45) is 4.71. The van der Waals surface area contributed by atoms with Crippen molar-refractivity contribution in [2.75, 3.05) is 0 Å². The zero-order valence-electron chi connectivity index (χ0n) is 13.2. The Morgan fingerprint density at radius 1 is 1.00 bits per heavy atom. The van der Waals surface area contributed by atoms with Gasteiger partial charge >= 0.3 is 0 Å². The molecule has 0 fully saturated rings. The van der Waals surface area contributed by atoms with Gasteiger partial charge in [0.2, 0.25) is 0 Å². The standard InChI is InChI=1S/C20H22O.ClH/c1-15(2)8-7-12-18-17-10-4-3-9-16(17)14-21-20-13-6-5-11-19(18)20;/h3-6,9-13,15H,7-8,14H2,1-2H3;1H/p-1/b18-12-;. The highest BCUT2D eigenvalue weighted by molar-refractivity contribution is 5.84. The number of benzene rings is 2. The predicted octanol–water partition coefficient (Wildman–Crippen LogP) is 2.45. The van der Waals surface area contributed by atoms with Crippen molar-refractivity contribution in [1.82, 2.24) is 0 Å². The maximum Gasteiger partial charge on any atom is 0.127 e. The molecule has 0 spiro atoms. The van der Waals surface area contributed by atoms with Crippen LogP contribution in [0.1, 0.15) is 43.4 Å². The summed E-state index contributed by atoms with van der Waals surface area (Å²) in [5.41, 5.74) is 5.11. The van der Waals surface area contributed by atoms with Crippen LogP contribution in [0.25, 0.3) is 5.57 Å². The lowest BCUT2D eigenvalue weighted by molar-refractivity contribution is -0.00000472. The molecule has 0 aromatic heterocycles. The minimum atomic E-state index is 0. The number of hydrogen-bond donors (Lipinski definition) is 0. The van der Waals surface area contributed by atoms with Gasteiger partial charge in [-0.2, -0.15) is 0 Å². The molecule has 0 aliphatic carbocycles. The highest BCUT2D eigenvalue weighted by atomic mass is 35.5. The molecule has 1 aliphatic heterocycles. The largest absolute Gasteiger partial charge is 1.00 e. The Kier molecular flexibility index (Phi) is 5.68. The SMILES string of the molecule is CC(C)CC/C=C1/c2ccccc2COc2ccccc21.[Cl-]. The fourth-order valence-corrected chi connectivity index (χ4v) is 2.81. The average Bonchev–Trinajstić information content (AvgIpc) is 2.65. The van der Waals surface area contributed by atoms with E-state index in [4.69, 9.17) is 4.74 Å². The molecule has 0 unspecified atom stereocenters. The minimum absolute atomic E-state index is 0. The quantitative estimate of drug-likeness (QED) is 0.846. The Morgan fingerprint density at radius 2 is 1.68 bits per heavy atom. The van der Waals surface area contributed by atoms with E-state index in [2.05, 4.69) is 62.4 Å². The first-order valence-corrected chi connectivity index (χ1v) is 7.76. The van der Waals surface area contributed by atoms with Crippen LogP contribution in [0.4, 0.5) is 0 Å². The van der Waals surface area contributed by atoms with Gasteiger partial charge in [-0.15, -0.1) is 0 Å². The monoisotopic (exact) mass is 313 g/mol. The van der Waals surface area contributed by atoms with Crippen LogP contribution in [0.15, 0.2) is 54.6 Å². The molecule has 0 N–H and O–H groups in total. The molecule has 0 bridgehead atoms. The van der Waals surface area contributed by atoms with Gasteiger partial charge in [0, 0.05) is 5.56 Å². The molecule has 0 radical (unpaired) electrons. The predicted molar refractivity (Wildman–Crippen MR) is 88.4 cm³/mol. The number of rotatable bonds is 3. The van der Waals surface area contributed by atoms with Crippen LogP contribution in [-0.2, 0) is 6.61 Å². The number of fused-ring (bicyclic) bond motifs is 2. The summed E-state index contributed by atoms with van der Waals surface area (Å²) in [5.74, 6) is 1.72. The zero-order chi connectivity index (χ0) is 14.7. The maximum atomic E-state index is 5.99. The van der Waals surface area contributed by atoms with Gasteiger partial charge in [0.1, 0.15) is 12.4 Å². The van der Waals surface area contributed by atoms with Crippen LogP contribution < -0.4 is 17.1 Å². The van der Waals surface area contributed by atoms with Crippen LogP contribution >= 0.6 is 0 Å². The average molecular weight is 314 g/mol. The third kappa shape index (κ3) is 3.53. The van der Waals surface area contributed by atoms with Crippen molar-refractivity contribution >= 4 is 5.57 Å². The Bertz CT molecular complexity index is 609. The van der Waals surface area contributed by atoms with Crippen molar-refractivity contribution in [3.8, 4) is 5.75 Å².